The van der Waals surface area contributed by atoms with Crippen molar-refractivity contribution in [3.63, 3.8) is 0 Å². The van der Waals surface area contributed by atoms with Crippen LogP contribution < -0.4 is 0 Å². The van der Waals surface area contributed by atoms with Gasteiger partial charge in [-0.2, -0.15) is 0 Å². The average Bonchev–Trinajstić information content (AvgIpc) is 2.20. The monoisotopic (exact) mass is 214 g/mol. The molecule has 1 aliphatic carbocycles. The Labute approximate surface area is 89.9 Å². The molecule has 0 aromatic rings. The average molecular weight is 214 g/mol. The number of hydrogen-bond acceptors (Lipinski definition) is 3. The molecule has 0 radical (unpaired) electrons. The first kappa shape index (κ1) is 13.7. The number of carbonyl (C=O) groups is 2. The summed E-state index contributed by atoms with van der Waals surface area (Å²) < 4.78 is 4.17. The first-order valence-corrected chi connectivity index (χ1v) is 5.09. The topological polar surface area (TPSA) is 63.6 Å². The van der Waals surface area contributed by atoms with E-state index in [-0.39, 0.29) is 11.9 Å². The Morgan fingerprint density at radius 2 is 1.87 bits per heavy atom. The Morgan fingerprint density at radius 1 is 1.33 bits per heavy atom. The summed E-state index contributed by atoms with van der Waals surface area (Å²) in [6.45, 7) is 4.48. The highest BCUT2D eigenvalue weighted by molar-refractivity contribution is 5.69. The summed E-state index contributed by atoms with van der Waals surface area (Å²) in [7, 11) is 0. The highest BCUT2D eigenvalue weighted by Crippen LogP contribution is 2.23. The van der Waals surface area contributed by atoms with Gasteiger partial charge in [-0.1, -0.05) is 25.8 Å². The number of aliphatic carboxylic acids is 1. The van der Waals surface area contributed by atoms with Crippen LogP contribution in [0.1, 0.15) is 39.0 Å². The lowest BCUT2D eigenvalue weighted by Crippen LogP contribution is -2.16. The van der Waals surface area contributed by atoms with Crippen molar-refractivity contribution in [1.82, 2.24) is 0 Å². The van der Waals surface area contributed by atoms with Crippen LogP contribution in [0.25, 0.3) is 0 Å². The van der Waals surface area contributed by atoms with Gasteiger partial charge in [0.05, 0.1) is 12.2 Å². The van der Waals surface area contributed by atoms with Gasteiger partial charge in [0.25, 0.3) is 0 Å². The zero-order chi connectivity index (χ0) is 11.7. The van der Waals surface area contributed by atoms with Crippen molar-refractivity contribution >= 4 is 11.9 Å². The van der Waals surface area contributed by atoms with E-state index in [1.165, 1.54) is 13.3 Å². The minimum atomic E-state index is -0.602. The van der Waals surface area contributed by atoms with Crippen molar-refractivity contribution in [3.05, 3.63) is 12.8 Å². The van der Waals surface area contributed by atoms with Crippen molar-refractivity contribution in [2.45, 2.75) is 39.0 Å². The lowest BCUT2D eigenvalue weighted by atomic mass is 9.90. The van der Waals surface area contributed by atoms with Crippen LogP contribution in [-0.2, 0) is 14.3 Å². The number of hydrogen-bond donors (Lipinski definition) is 1. The Kier molecular flexibility index (Phi) is 7.32. The minimum absolute atomic E-state index is 0.0289. The maximum absolute atomic E-state index is 10.4. The molecule has 0 heterocycles. The van der Waals surface area contributed by atoms with Crippen LogP contribution in [0.2, 0.25) is 0 Å². The Bertz CT molecular complexity index is 217. The van der Waals surface area contributed by atoms with Crippen molar-refractivity contribution in [1.29, 1.82) is 0 Å². The van der Waals surface area contributed by atoms with E-state index in [2.05, 4.69) is 11.3 Å². The minimum Gasteiger partial charge on any atom is -0.481 e. The summed E-state index contributed by atoms with van der Waals surface area (Å²) in [5, 5.41) is 8.54. The first-order chi connectivity index (χ1) is 7.07. The van der Waals surface area contributed by atoms with E-state index in [9.17, 15) is 9.59 Å². The van der Waals surface area contributed by atoms with E-state index < -0.39 is 5.97 Å². The Morgan fingerprint density at radius 3 is 2.07 bits per heavy atom. The molecule has 0 unspecified atom stereocenters. The molecule has 0 spiro atoms. The summed E-state index contributed by atoms with van der Waals surface area (Å²) >= 11 is 0. The molecule has 15 heavy (non-hydrogen) atoms. The van der Waals surface area contributed by atoms with Gasteiger partial charge in [0.2, 0.25) is 0 Å². The molecule has 0 bridgehead atoms. The summed E-state index contributed by atoms with van der Waals surface area (Å²) in [4.78, 5) is 20.1. The molecule has 0 aromatic heterocycles. The molecular weight excluding hydrogens is 196 g/mol. The molecule has 4 nitrogen and oxygen atoms in total. The van der Waals surface area contributed by atoms with Crippen molar-refractivity contribution in [3.8, 4) is 0 Å². The van der Waals surface area contributed by atoms with Gasteiger partial charge in [0.15, 0.2) is 0 Å². The summed E-state index contributed by atoms with van der Waals surface area (Å²) in [5.41, 5.74) is 0. The van der Waals surface area contributed by atoms with E-state index in [0.29, 0.717) is 0 Å². The van der Waals surface area contributed by atoms with Crippen LogP contribution in [0.15, 0.2) is 12.8 Å². The molecular formula is C11H18O4. The number of ether oxygens (including phenoxy) is 1. The smallest absolute Gasteiger partial charge is 0.307 e. The highest BCUT2D eigenvalue weighted by Gasteiger charge is 2.19. The molecule has 0 aliphatic heterocycles. The van der Waals surface area contributed by atoms with Crippen LogP contribution >= 0.6 is 0 Å². The van der Waals surface area contributed by atoms with Gasteiger partial charge in [0, 0.05) is 6.92 Å². The largest absolute Gasteiger partial charge is 0.481 e. The first-order valence-electron chi connectivity index (χ1n) is 5.09. The molecule has 0 amide bonds. The number of carboxylic acid groups (broad SMARTS) is 1. The van der Waals surface area contributed by atoms with Crippen LogP contribution in [0.5, 0.6) is 0 Å². The lowest BCUT2D eigenvalue weighted by molar-refractivity contribution is -0.142. The van der Waals surface area contributed by atoms with Gasteiger partial charge in [-0.3, -0.25) is 9.59 Å². The van der Waals surface area contributed by atoms with E-state index in [0.717, 1.165) is 31.9 Å². The van der Waals surface area contributed by atoms with Gasteiger partial charge in [-0.15, -0.1) is 0 Å². The molecule has 0 aromatic carbocycles. The number of rotatable bonds is 2. The van der Waals surface area contributed by atoms with Gasteiger partial charge < -0.3 is 9.84 Å². The van der Waals surface area contributed by atoms with Crippen LogP contribution in [0.3, 0.4) is 0 Å². The Hall–Kier alpha value is -1.32. The predicted molar refractivity (Wildman–Crippen MR) is 56.2 cm³/mol. The molecule has 1 N–H and O–H groups in total. The Balaban J connectivity index is 0.000000288. The van der Waals surface area contributed by atoms with Gasteiger partial charge in [-0.25, -0.2) is 0 Å². The maximum atomic E-state index is 10.4. The second kappa shape index (κ2) is 8.03. The fourth-order valence-electron chi connectivity index (χ4n) is 1.47. The maximum Gasteiger partial charge on any atom is 0.307 e. The third-order valence-electron chi connectivity index (χ3n) is 2.20. The quantitative estimate of drug-likeness (QED) is 0.566. The number of carboxylic acids is 1. The molecule has 0 saturated heterocycles. The SMILES string of the molecule is C=COC(C)=O.O=C(O)C1CCCCC1. The normalized spacial score (nSPS) is 15.8. The molecule has 1 saturated carbocycles. The van der Waals surface area contributed by atoms with Gasteiger partial charge in [-0.05, 0) is 12.8 Å². The van der Waals surface area contributed by atoms with Gasteiger partial charge in [0.1, 0.15) is 0 Å². The molecule has 4 heteroatoms. The summed E-state index contributed by atoms with van der Waals surface area (Å²) in [6.07, 6.45) is 6.34. The van der Waals surface area contributed by atoms with Gasteiger partial charge >= 0.3 is 11.9 Å². The van der Waals surface area contributed by atoms with Crippen molar-refractivity contribution in [2.75, 3.05) is 0 Å². The standard InChI is InChI=1S/C7H12O2.C4H6O2/c8-7(9)6-4-2-1-3-5-6;1-3-6-4(2)5/h6H,1-5H2,(H,8,9);3H,1H2,2H3. The third kappa shape index (κ3) is 7.73. The zero-order valence-electron chi connectivity index (χ0n) is 9.07. The van der Waals surface area contributed by atoms with Crippen LogP contribution in [0.4, 0.5) is 0 Å². The zero-order valence-corrected chi connectivity index (χ0v) is 9.07. The van der Waals surface area contributed by atoms with E-state index >= 15 is 0 Å². The molecule has 1 fully saturated rings. The van der Waals surface area contributed by atoms with E-state index in [1.807, 2.05) is 0 Å². The number of esters is 1. The molecule has 0 atom stereocenters. The molecule has 1 rings (SSSR count). The van der Waals surface area contributed by atoms with Crippen molar-refractivity contribution < 1.29 is 19.4 Å². The van der Waals surface area contributed by atoms with Crippen LogP contribution in [-0.4, -0.2) is 17.0 Å². The van der Waals surface area contributed by atoms with E-state index in [1.54, 1.807) is 0 Å². The van der Waals surface area contributed by atoms with Crippen LogP contribution in [0, 0.1) is 5.92 Å². The highest BCUT2D eigenvalue weighted by atomic mass is 16.5. The fraction of sp³-hybridized carbons (Fsp3) is 0.636. The number of carbonyl (C=O) groups excluding carboxylic acids is 1. The molecule has 1 aliphatic rings. The molecule has 86 valence electrons. The van der Waals surface area contributed by atoms with Crippen molar-refractivity contribution in [2.24, 2.45) is 5.92 Å². The predicted octanol–water partition coefficient (Wildman–Crippen LogP) is 2.34. The third-order valence-corrected chi connectivity index (χ3v) is 2.20. The second-order valence-corrected chi connectivity index (χ2v) is 3.45. The fourth-order valence-corrected chi connectivity index (χ4v) is 1.47. The summed E-state index contributed by atoms with van der Waals surface area (Å²) in [6, 6.07) is 0. The second-order valence-electron chi connectivity index (χ2n) is 3.45. The lowest BCUT2D eigenvalue weighted by Gasteiger charge is -2.16. The van der Waals surface area contributed by atoms with E-state index in [4.69, 9.17) is 5.11 Å². The summed E-state index contributed by atoms with van der Waals surface area (Å²) in [5.74, 6) is -0.960.